The molecule has 2 rings (SSSR count). The Kier molecular flexibility index (Phi) is 2.68. The maximum absolute atomic E-state index is 4.21. The van der Waals surface area contributed by atoms with Crippen LogP contribution in [0.15, 0.2) is 18.5 Å². The lowest BCUT2D eigenvalue weighted by atomic mass is 10.2. The van der Waals surface area contributed by atoms with Gasteiger partial charge in [-0.05, 0) is 31.6 Å². The van der Waals surface area contributed by atoms with Crippen LogP contribution in [0, 0.1) is 14.0 Å². The predicted octanol–water partition coefficient (Wildman–Crippen LogP) is 1.30. The van der Waals surface area contributed by atoms with Gasteiger partial charge in [0.15, 0.2) is 0 Å². The van der Waals surface area contributed by atoms with Crippen LogP contribution in [0.25, 0.3) is 0 Å². The summed E-state index contributed by atoms with van der Waals surface area (Å²) in [6, 6.07) is 2.19. The highest BCUT2D eigenvalue weighted by molar-refractivity contribution is 5.46. The standard InChI is InChI=1S/C11H16N3/c1-10-7-11(9-12-8-10)14-5-3-13(2)4-6-14/h7-9H,2-6H2,1H3/q-1. The first-order valence-electron chi connectivity index (χ1n) is 4.98. The molecular weight excluding hydrogens is 174 g/mol. The fourth-order valence-corrected chi connectivity index (χ4v) is 1.72. The van der Waals surface area contributed by atoms with Crippen molar-refractivity contribution in [3.05, 3.63) is 31.1 Å². The fourth-order valence-electron chi connectivity index (χ4n) is 1.72. The van der Waals surface area contributed by atoms with Gasteiger partial charge in [-0.1, -0.05) is 0 Å². The lowest BCUT2D eigenvalue weighted by molar-refractivity contribution is 0.344. The molecule has 1 aliphatic rings. The number of nitrogens with zero attached hydrogens (tertiary/aromatic N) is 3. The molecule has 1 aliphatic heterocycles. The van der Waals surface area contributed by atoms with Crippen molar-refractivity contribution in [3.63, 3.8) is 0 Å². The second-order valence-electron chi connectivity index (χ2n) is 3.83. The minimum atomic E-state index is 1.04. The molecule has 0 aromatic carbocycles. The molecule has 76 valence electrons. The van der Waals surface area contributed by atoms with Crippen molar-refractivity contribution >= 4 is 5.69 Å². The summed E-state index contributed by atoms with van der Waals surface area (Å²) in [5.41, 5.74) is 2.46. The van der Waals surface area contributed by atoms with Crippen molar-refractivity contribution in [2.45, 2.75) is 6.92 Å². The van der Waals surface area contributed by atoms with Gasteiger partial charge in [0.1, 0.15) is 0 Å². The minimum absolute atomic E-state index is 1.04. The summed E-state index contributed by atoms with van der Waals surface area (Å²) in [6.45, 7) is 6.25. The summed E-state index contributed by atoms with van der Waals surface area (Å²) in [5, 5.41) is 0. The second-order valence-corrected chi connectivity index (χ2v) is 3.83. The first-order chi connectivity index (χ1) is 6.75. The summed E-state index contributed by atoms with van der Waals surface area (Å²) in [5.74, 6) is 0. The molecule has 0 bridgehead atoms. The Balaban J connectivity index is 2.08. The summed E-state index contributed by atoms with van der Waals surface area (Å²) >= 11 is 0. The van der Waals surface area contributed by atoms with Crippen LogP contribution < -0.4 is 4.90 Å². The zero-order valence-electron chi connectivity index (χ0n) is 8.61. The summed E-state index contributed by atoms with van der Waals surface area (Å²) in [4.78, 5) is 8.68. The first kappa shape index (κ1) is 9.46. The average Bonchev–Trinajstić information content (AvgIpc) is 2.19. The van der Waals surface area contributed by atoms with E-state index in [2.05, 4.69) is 34.8 Å². The van der Waals surface area contributed by atoms with Gasteiger partial charge in [-0.3, -0.25) is 12.0 Å². The second kappa shape index (κ2) is 3.96. The molecule has 3 heteroatoms. The lowest BCUT2D eigenvalue weighted by Crippen LogP contribution is -2.43. The van der Waals surface area contributed by atoms with Crippen LogP contribution >= 0.6 is 0 Å². The maximum Gasteiger partial charge on any atom is 0.0556 e. The van der Waals surface area contributed by atoms with E-state index < -0.39 is 0 Å². The monoisotopic (exact) mass is 190 g/mol. The fraction of sp³-hybridized carbons (Fsp3) is 0.455. The molecule has 0 aliphatic carbocycles. The van der Waals surface area contributed by atoms with Crippen LogP contribution in [0.1, 0.15) is 5.56 Å². The number of piperazine rings is 1. The topological polar surface area (TPSA) is 19.4 Å². The maximum atomic E-state index is 4.21. The zero-order valence-corrected chi connectivity index (χ0v) is 8.61. The third kappa shape index (κ3) is 2.04. The molecule has 1 aromatic heterocycles. The van der Waals surface area contributed by atoms with Gasteiger partial charge < -0.3 is 9.80 Å². The van der Waals surface area contributed by atoms with Crippen molar-refractivity contribution in [1.82, 2.24) is 9.88 Å². The smallest absolute Gasteiger partial charge is 0.0556 e. The molecule has 0 N–H and O–H groups in total. The lowest BCUT2D eigenvalue weighted by Gasteiger charge is -2.38. The Hall–Kier alpha value is -1.09. The molecule has 0 atom stereocenters. The molecule has 1 aromatic rings. The summed E-state index contributed by atoms with van der Waals surface area (Å²) in [7, 11) is 3.93. The van der Waals surface area contributed by atoms with Crippen molar-refractivity contribution in [3.8, 4) is 0 Å². The minimum Gasteiger partial charge on any atom is -0.456 e. The Labute approximate surface area is 85.4 Å². The van der Waals surface area contributed by atoms with Crippen LogP contribution in [0.3, 0.4) is 0 Å². The van der Waals surface area contributed by atoms with E-state index in [9.17, 15) is 0 Å². The van der Waals surface area contributed by atoms with Crippen LogP contribution in [0.5, 0.6) is 0 Å². The van der Waals surface area contributed by atoms with E-state index in [-0.39, 0.29) is 0 Å². The SMILES string of the molecule is [CH2-]N1CCN(c2cncc(C)c2)CC1. The van der Waals surface area contributed by atoms with E-state index in [0.717, 1.165) is 26.2 Å². The molecule has 0 saturated carbocycles. The van der Waals surface area contributed by atoms with E-state index in [1.165, 1.54) is 11.3 Å². The zero-order chi connectivity index (χ0) is 9.97. The molecule has 2 heterocycles. The largest absolute Gasteiger partial charge is 0.456 e. The number of hydrogen-bond acceptors (Lipinski definition) is 3. The highest BCUT2D eigenvalue weighted by Crippen LogP contribution is 2.15. The number of anilines is 1. The summed E-state index contributed by atoms with van der Waals surface area (Å²) in [6.07, 6.45) is 3.83. The number of rotatable bonds is 1. The van der Waals surface area contributed by atoms with Gasteiger partial charge in [0.05, 0.1) is 11.9 Å². The van der Waals surface area contributed by atoms with E-state index >= 15 is 0 Å². The Morgan fingerprint density at radius 2 is 1.93 bits per heavy atom. The Morgan fingerprint density at radius 1 is 1.21 bits per heavy atom. The third-order valence-electron chi connectivity index (χ3n) is 2.60. The van der Waals surface area contributed by atoms with Crippen molar-refractivity contribution < 1.29 is 0 Å². The molecule has 0 spiro atoms. The molecule has 0 radical (unpaired) electrons. The highest BCUT2D eigenvalue weighted by Gasteiger charge is 2.11. The van der Waals surface area contributed by atoms with Gasteiger partial charge in [0, 0.05) is 19.3 Å². The predicted molar refractivity (Wildman–Crippen MR) is 58.1 cm³/mol. The van der Waals surface area contributed by atoms with E-state index in [1.54, 1.807) is 0 Å². The highest BCUT2D eigenvalue weighted by atomic mass is 15.2. The molecule has 14 heavy (non-hydrogen) atoms. The third-order valence-corrected chi connectivity index (χ3v) is 2.60. The number of aromatic nitrogens is 1. The molecule has 1 saturated heterocycles. The van der Waals surface area contributed by atoms with Crippen molar-refractivity contribution in [2.24, 2.45) is 0 Å². The van der Waals surface area contributed by atoms with E-state index in [0.29, 0.717) is 0 Å². The van der Waals surface area contributed by atoms with Crippen LogP contribution in [0.4, 0.5) is 5.69 Å². The molecular formula is C11H16N3-. The van der Waals surface area contributed by atoms with Crippen molar-refractivity contribution in [2.75, 3.05) is 31.1 Å². The number of pyridine rings is 1. The van der Waals surface area contributed by atoms with E-state index in [4.69, 9.17) is 0 Å². The van der Waals surface area contributed by atoms with Gasteiger partial charge in [-0.25, -0.2) is 0 Å². The van der Waals surface area contributed by atoms with Gasteiger partial charge >= 0.3 is 0 Å². The quantitative estimate of drug-likeness (QED) is 0.622. The normalized spacial score (nSPS) is 18.6. The molecule has 0 amide bonds. The van der Waals surface area contributed by atoms with Crippen LogP contribution in [-0.2, 0) is 0 Å². The van der Waals surface area contributed by atoms with Crippen LogP contribution in [0.2, 0.25) is 0 Å². The molecule has 3 nitrogen and oxygen atoms in total. The molecule has 1 fully saturated rings. The van der Waals surface area contributed by atoms with Crippen molar-refractivity contribution in [1.29, 1.82) is 0 Å². The van der Waals surface area contributed by atoms with Gasteiger partial charge in [-0.2, -0.15) is 0 Å². The first-order valence-corrected chi connectivity index (χ1v) is 4.98. The number of aryl methyl sites for hydroxylation is 1. The van der Waals surface area contributed by atoms with Gasteiger partial charge in [0.2, 0.25) is 0 Å². The molecule has 0 unspecified atom stereocenters. The van der Waals surface area contributed by atoms with Gasteiger partial charge in [0.25, 0.3) is 0 Å². The Bertz CT molecular complexity index is 303. The van der Waals surface area contributed by atoms with Crippen LogP contribution in [-0.4, -0.2) is 36.1 Å². The van der Waals surface area contributed by atoms with Gasteiger partial charge in [-0.15, -0.1) is 0 Å². The average molecular weight is 190 g/mol. The summed E-state index contributed by atoms with van der Waals surface area (Å²) < 4.78 is 0. The Morgan fingerprint density at radius 3 is 2.57 bits per heavy atom. The van der Waals surface area contributed by atoms with E-state index in [1.807, 2.05) is 12.4 Å². The number of hydrogen-bond donors (Lipinski definition) is 0.